The van der Waals surface area contributed by atoms with Crippen molar-refractivity contribution >= 4 is 67.2 Å². The Labute approximate surface area is 249 Å². The normalized spacial score (nSPS) is 13.6. The minimum absolute atomic E-state index is 0.139. The first kappa shape index (κ1) is 27.6. The number of barbiturate groups is 1. The summed E-state index contributed by atoms with van der Waals surface area (Å²) in [6, 6.07) is 28.0. The Bertz CT molecular complexity index is 1560. The Morgan fingerprint density at radius 2 is 1.27 bits per heavy atom. The van der Waals surface area contributed by atoms with Gasteiger partial charge in [0.2, 0.25) is 0 Å². The predicted octanol–water partition coefficient (Wildman–Crippen LogP) is 7.78. The molecule has 0 bridgehead atoms. The average Bonchev–Trinajstić information content (AvgIpc) is 2.95. The highest BCUT2D eigenvalue weighted by Crippen LogP contribution is 2.35. The summed E-state index contributed by atoms with van der Waals surface area (Å²) >= 11 is 7.29. The first-order valence-electron chi connectivity index (χ1n) is 12.6. The molecule has 0 aromatic heterocycles. The van der Waals surface area contributed by atoms with Gasteiger partial charge in [-0.1, -0.05) is 86.5 Å². The number of carbonyl (C=O) groups is 3. The van der Waals surface area contributed by atoms with Crippen molar-refractivity contribution in [1.29, 1.82) is 0 Å². The van der Waals surface area contributed by atoms with Gasteiger partial charge in [0.05, 0.1) is 18.0 Å². The topological polar surface area (TPSA) is 66.9 Å². The van der Waals surface area contributed by atoms with Crippen LogP contribution in [0, 0.1) is 0 Å². The van der Waals surface area contributed by atoms with Crippen molar-refractivity contribution < 1.29 is 19.1 Å². The fourth-order valence-corrected chi connectivity index (χ4v) is 5.53. The van der Waals surface area contributed by atoms with Crippen LogP contribution in [0.3, 0.4) is 0 Å². The van der Waals surface area contributed by atoms with Crippen molar-refractivity contribution in [2.24, 2.45) is 0 Å². The molecule has 1 aliphatic rings. The number of hydrogen-bond donors (Lipinski definition) is 0. The highest BCUT2D eigenvalue weighted by Gasteiger charge is 2.43. The first-order chi connectivity index (χ1) is 19.4. The lowest BCUT2D eigenvalue weighted by molar-refractivity contribution is -0.121. The number of halogens is 2. The van der Waals surface area contributed by atoms with Crippen LogP contribution in [0.25, 0.3) is 6.08 Å². The van der Waals surface area contributed by atoms with Crippen LogP contribution in [0.2, 0.25) is 0 Å². The lowest BCUT2D eigenvalue weighted by atomic mass is 10.00. The zero-order chi connectivity index (χ0) is 28.2. The number of imide groups is 2. The summed E-state index contributed by atoms with van der Waals surface area (Å²) < 4.78 is 7.75. The zero-order valence-electron chi connectivity index (χ0n) is 21.5. The van der Waals surface area contributed by atoms with Crippen LogP contribution in [-0.4, -0.2) is 24.5 Å². The van der Waals surface area contributed by atoms with E-state index in [1.54, 1.807) is 60.7 Å². The molecule has 1 aliphatic heterocycles. The zero-order valence-corrected chi connectivity index (χ0v) is 24.7. The molecule has 1 fully saturated rings. The predicted molar refractivity (Wildman–Crippen MR) is 163 cm³/mol. The van der Waals surface area contributed by atoms with E-state index in [1.807, 2.05) is 43.3 Å². The number of para-hydroxylation sites is 2. The largest absolute Gasteiger partial charge is 0.494 e. The third-order valence-corrected chi connectivity index (χ3v) is 7.87. The number of ether oxygens (including phenoxy) is 1. The van der Waals surface area contributed by atoms with E-state index in [0.29, 0.717) is 35.7 Å². The lowest BCUT2D eigenvalue weighted by Crippen LogP contribution is -2.57. The van der Waals surface area contributed by atoms with Crippen LogP contribution in [0.1, 0.15) is 23.6 Å². The number of benzene rings is 4. The van der Waals surface area contributed by atoms with Gasteiger partial charge in [0.1, 0.15) is 11.3 Å². The Kier molecular flexibility index (Phi) is 8.28. The van der Waals surface area contributed by atoms with Crippen molar-refractivity contribution in [3.63, 3.8) is 0 Å². The molecule has 6 nitrogen and oxygen atoms in total. The third kappa shape index (κ3) is 5.50. The number of urea groups is 1. The van der Waals surface area contributed by atoms with E-state index in [-0.39, 0.29) is 5.57 Å². The Morgan fingerprint density at radius 1 is 0.725 bits per heavy atom. The SMILES string of the molecule is CCOc1cc(C=C2C(=O)N(c3ccccc3)C(=O)N(c3ccccc3)C2=O)cc(Br)c1Cc1ccccc1Br. The van der Waals surface area contributed by atoms with E-state index in [1.165, 1.54) is 6.08 Å². The second kappa shape index (κ2) is 12.0. The van der Waals surface area contributed by atoms with E-state index in [4.69, 9.17) is 4.74 Å². The van der Waals surface area contributed by atoms with E-state index in [9.17, 15) is 14.4 Å². The van der Waals surface area contributed by atoms with Gasteiger partial charge in [0.25, 0.3) is 11.8 Å². The minimum Gasteiger partial charge on any atom is -0.494 e. The van der Waals surface area contributed by atoms with E-state index < -0.39 is 17.8 Å². The van der Waals surface area contributed by atoms with E-state index >= 15 is 0 Å². The van der Waals surface area contributed by atoms with Crippen LogP contribution in [-0.2, 0) is 16.0 Å². The molecule has 5 rings (SSSR count). The summed E-state index contributed by atoms with van der Waals surface area (Å²) in [7, 11) is 0. The highest BCUT2D eigenvalue weighted by atomic mass is 79.9. The summed E-state index contributed by atoms with van der Waals surface area (Å²) in [5.41, 5.74) is 3.21. The molecule has 4 aromatic carbocycles. The third-order valence-electron chi connectivity index (χ3n) is 6.39. The molecule has 0 aliphatic carbocycles. The molecule has 0 saturated carbocycles. The lowest BCUT2D eigenvalue weighted by Gasteiger charge is -2.34. The minimum atomic E-state index is -0.732. The van der Waals surface area contributed by atoms with Crippen molar-refractivity contribution in [2.45, 2.75) is 13.3 Å². The van der Waals surface area contributed by atoms with Crippen molar-refractivity contribution in [2.75, 3.05) is 16.4 Å². The van der Waals surface area contributed by atoms with E-state index in [0.717, 1.165) is 29.9 Å². The van der Waals surface area contributed by atoms with E-state index in [2.05, 4.69) is 31.9 Å². The fourth-order valence-electron chi connectivity index (χ4n) is 4.51. The van der Waals surface area contributed by atoms with Crippen LogP contribution in [0.4, 0.5) is 16.2 Å². The number of carbonyl (C=O) groups excluding carboxylic acids is 3. The molecule has 8 heteroatoms. The van der Waals surface area contributed by atoms with Gasteiger partial charge in [-0.25, -0.2) is 14.6 Å². The number of nitrogens with zero attached hydrogens (tertiary/aromatic N) is 2. The van der Waals surface area contributed by atoms with Crippen LogP contribution in [0.15, 0.2) is 112 Å². The number of amides is 4. The molecule has 4 amide bonds. The fraction of sp³-hybridized carbons (Fsp3) is 0.0938. The second-order valence-electron chi connectivity index (χ2n) is 8.97. The van der Waals surface area contributed by atoms with Gasteiger partial charge in [-0.05, 0) is 66.6 Å². The standard InChI is InChI=1S/C32H24Br2N2O4/c1-2-40-29-19-21(18-28(34)25(29)20-22-11-9-10-16-27(22)33)17-26-30(37)35(23-12-5-3-6-13-23)32(39)36(31(26)38)24-14-7-4-8-15-24/h3-19H,2,20H2,1H3. The Balaban J connectivity index is 1.61. The number of anilines is 2. The average molecular weight is 660 g/mol. The van der Waals surface area contributed by atoms with Crippen LogP contribution < -0.4 is 14.5 Å². The van der Waals surface area contributed by atoms with Crippen molar-refractivity contribution in [3.8, 4) is 5.75 Å². The smallest absolute Gasteiger partial charge is 0.343 e. The maximum atomic E-state index is 13.7. The second-order valence-corrected chi connectivity index (χ2v) is 10.7. The van der Waals surface area contributed by atoms with Gasteiger partial charge >= 0.3 is 6.03 Å². The molecule has 0 unspecified atom stereocenters. The van der Waals surface area contributed by atoms with Gasteiger partial charge in [-0.3, -0.25) is 9.59 Å². The summed E-state index contributed by atoms with van der Waals surface area (Å²) in [6.07, 6.45) is 2.11. The van der Waals surface area contributed by atoms with Gasteiger partial charge in [-0.2, -0.15) is 0 Å². The molecule has 0 spiro atoms. The summed E-state index contributed by atoms with van der Waals surface area (Å²) in [4.78, 5) is 43.0. The monoisotopic (exact) mass is 658 g/mol. The maximum absolute atomic E-state index is 13.7. The summed E-state index contributed by atoms with van der Waals surface area (Å²) in [5, 5.41) is 0. The highest BCUT2D eigenvalue weighted by molar-refractivity contribution is 9.10. The number of rotatable bonds is 7. The molecule has 1 saturated heterocycles. The molecule has 0 N–H and O–H groups in total. The molecule has 200 valence electrons. The maximum Gasteiger partial charge on any atom is 0.343 e. The Hall–Kier alpha value is -4.01. The number of hydrogen-bond acceptors (Lipinski definition) is 4. The summed E-state index contributed by atoms with van der Waals surface area (Å²) in [5.74, 6) is -0.759. The van der Waals surface area contributed by atoms with Gasteiger partial charge in [0, 0.05) is 20.9 Å². The molecule has 4 aromatic rings. The van der Waals surface area contributed by atoms with Gasteiger partial charge in [0.15, 0.2) is 0 Å². The molecule has 40 heavy (non-hydrogen) atoms. The molecular weight excluding hydrogens is 636 g/mol. The first-order valence-corrected chi connectivity index (χ1v) is 14.2. The molecule has 0 atom stereocenters. The van der Waals surface area contributed by atoms with Gasteiger partial charge in [-0.15, -0.1) is 0 Å². The quantitative estimate of drug-likeness (QED) is 0.150. The van der Waals surface area contributed by atoms with Gasteiger partial charge < -0.3 is 4.74 Å². The molecular formula is C32H24Br2N2O4. The van der Waals surface area contributed by atoms with Crippen molar-refractivity contribution in [3.05, 3.63) is 128 Å². The van der Waals surface area contributed by atoms with Crippen LogP contribution >= 0.6 is 31.9 Å². The summed E-state index contributed by atoms with van der Waals surface area (Å²) in [6.45, 7) is 2.34. The Morgan fingerprint density at radius 3 is 1.82 bits per heavy atom. The molecule has 0 radical (unpaired) electrons. The molecule has 1 heterocycles. The van der Waals surface area contributed by atoms with Crippen molar-refractivity contribution in [1.82, 2.24) is 0 Å². The van der Waals surface area contributed by atoms with Crippen LogP contribution in [0.5, 0.6) is 5.75 Å².